The molecular formula is C11H6BrI3N2O2S. The average Bonchev–Trinajstić information content (AvgIpc) is 2.34. The maximum atomic E-state index is 12.4. The van der Waals surface area contributed by atoms with E-state index in [0.29, 0.717) is 10.2 Å². The number of pyridine rings is 1. The Kier molecular flexibility index (Phi) is 5.93. The molecule has 0 unspecified atom stereocenters. The van der Waals surface area contributed by atoms with Crippen LogP contribution in [0.3, 0.4) is 0 Å². The van der Waals surface area contributed by atoms with Crippen LogP contribution in [0.5, 0.6) is 0 Å². The van der Waals surface area contributed by atoms with Crippen LogP contribution in [0.1, 0.15) is 0 Å². The van der Waals surface area contributed by atoms with E-state index in [4.69, 9.17) is 0 Å². The minimum atomic E-state index is -3.65. The van der Waals surface area contributed by atoms with Crippen molar-refractivity contribution >= 4 is 99.4 Å². The first-order valence-electron chi connectivity index (χ1n) is 5.07. The monoisotopic (exact) mass is 690 g/mol. The molecule has 0 aliphatic carbocycles. The van der Waals surface area contributed by atoms with Gasteiger partial charge in [0.15, 0.2) is 0 Å². The lowest BCUT2D eigenvalue weighted by molar-refractivity contribution is 0.600. The van der Waals surface area contributed by atoms with Crippen molar-refractivity contribution in [3.63, 3.8) is 0 Å². The highest BCUT2D eigenvalue weighted by Gasteiger charge is 2.18. The zero-order chi connectivity index (χ0) is 14.9. The SMILES string of the molecule is O=S(=O)(Nc1c(I)cc(I)cc1I)c1cncc(Br)c1. The van der Waals surface area contributed by atoms with Gasteiger partial charge in [-0.3, -0.25) is 9.71 Å². The van der Waals surface area contributed by atoms with Gasteiger partial charge < -0.3 is 0 Å². The molecule has 1 aromatic heterocycles. The predicted molar refractivity (Wildman–Crippen MR) is 107 cm³/mol. The fourth-order valence-electron chi connectivity index (χ4n) is 1.37. The van der Waals surface area contributed by atoms with Crippen LogP contribution in [0.15, 0.2) is 40.0 Å². The molecule has 9 heteroatoms. The first kappa shape index (κ1) is 17.1. The fourth-order valence-corrected chi connectivity index (χ4v) is 7.20. The summed E-state index contributed by atoms with van der Waals surface area (Å²) in [4.78, 5) is 4.00. The van der Waals surface area contributed by atoms with Gasteiger partial charge in [0.25, 0.3) is 10.0 Å². The minimum Gasteiger partial charge on any atom is -0.277 e. The molecule has 0 bridgehead atoms. The Morgan fingerprint density at radius 2 is 1.65 bits per heavy atom. The third-order valence-electron chi connectivity index (χ3n) is 2.23. The maximum absolute atomic E-state index is 12.4. The van der Waals surface area contributed by atoms with Crippen molar-refractivity contribution in [1.29, 1.82) is 0 Å². The van der Waals surface area contributed by atoms with Crippen molar-refractivity contribution in [2.75, 3.05) is 4.72 Å². The highest BCUT2D eigenvalue weighted by Crippen LogP contribution is 2.29. The van der Waals surface area contributed by atoms with Gasteiger partial charge in [-0.25, -0.2) is 8.42 Å². The van der Waals surface area contributed by atoms with Gasteiger partial charge in [0.1, 0.15) is 4.90 Å². The van der Waals surface area contributed by atoms with Crippen LogP contribution in [0, 0.1) is 10.7 Å². The number of anilines is 1. The number of benzene rings is 1. The Balaban J connectivity index is 2.44. The Labute approximate surface area is 166 Å². The van der Waals surface area contributed by atoms with Crippen molar-refractivity contribution in [3.8, 4) is 0 Å². The molecule has 0 fully saturated rings. The van der Waals surface area contributed by atoms with E-state index >= 15 is 0 Å². The lowest BCUT2D eigenvalue weighted by Crippen LogP contribution is -2.15. The largest absolute Gasteiger partial charge is 0.277 e. The third-order valence-corrected chi connectivity index (χ3v) is 6.31. The van der Waals surface area contributed by atoms with Gasteiger partial charge in [-0.15, -0.1) is 0 Å². The lowest BCUT2D eigenvalue weighted by Gasteiger charge is -2.12. The van der Waals surface area contributed by atoms with Crippen LogP contribution in [-0.4, -0.2) is 13.4 Å². The van der Waals surface area contributed by atoms with Crippen LogP contribution in [0.4, 0.5) is 5.69 Å². The van der Waals surface area contributed by atoms with Gasteiger partial charge in [0, 0.05) is 27.6 Å². The number of aromatic nitrogens is 1. The van der Waals surface area contributed by atoms with Gasteiger partial charge in [-0.05, 0) is 102 Å². The third kappa shape index (κ3) is 4.16. The summed E-state index contributed by atoms with van der Waals surface area (Å²) >= 11 is 9.65. The van der Waals surface area contributed by atoms with E-state index in [1.54, 1.807) is 0 Å². The van der Waals surface area contributed by atoms with Crippen molar-refractivity contribution < 1.29 is 8.42 Å². The Bertz CT molecular complexity index is 745. The molecule has 0 radical (unpaired) electrons. The second-order valence-electron chi connectivity index (χ2n) is 3.69. The molecule has 2 rings (SSSR count). The topological polar surface area (TPSA) is 59.1 Å². The number of halogens is 4. The van der Waals surface area contributed by atoms with Gasteiger partial charge in [0.05, 0.1) is 5.69 Å². The normalized spacial score (nSPS) is 11.4. The lowest BCUT2D eigenvalue weighted by atomic mass is 10.3. The number of hydrogen-bond acceptors (Lipinski definition) is 3. The molecule has 1 N–H and O–H groups in total. The smallest absolute Gasteiger partial charge is 0.263 e. The molecule has 1 aromatic carbocycles. The van der Waals surface area contributed by atoms with E-state index in [1.807, 2.05) is 12.1 Å². The number of nitrogens with one attached hydrogen (secondary N) is 1. The van der Waals surface area contributed by atoms with Gasteiger partial charge in [0.2, 0.25) is 0 Å². The van der Waals surface area contributed by atoms with Crippen molar-refractivity contribution in [2.45, 2.75) is 4.90 Å². The summed E-state index contributed by atoms with van der Waals surface area (Å²) < 4.78 is 30.7. The summed E-state index contributed by atoms with van der Waals surface area (Å²) in [5.41, 5.74) is 0.589. The van der Waals surface area contributed by atoms with Crippen molar-refractivity contribution in [1.82, 2.24) is 4.98 Å². The quantitative estimate of drug-likeness (QED) is 0.485. The number of sulfonamides is 1. The summed E-state index contributed by atoms with van der Waals surface area (Å²) in [5.74, 6) is 0. The van der Waals surface area contributed by atoms with Crippen LogP contribution >= 0.6 is 83.7 Å². The molecule has 0 saturated carbocycles. The average molecular weight is 691 g/mol. The van der Waals surface area contributed by atoms with E-state index in [-0.39, 0.29) is 4.90 Å². The zero-order valence-electron chi connectivity index (χ0n) is 9.57. The summed E-state index contributed by atoms with van der Waals surface area (Å²) in [6.45, 7) is 0. The van der Waals surface area contributed by atoms with Gasteiger partial charge in [-0.2, -0.15) is 0 Å². The highest BCUT2D eigenvalue weighted by molar-refractivity contribution is 14.1. The molecule has 2 aromatic rings. The second kappa shape index (κ2) is 6.91. The van der Waals surface area contributed by atoms with E-state index in [1.165, 1.54) is 18.5 Å². The molecule has 4 nitrogen and oxygen atoms in total. The molecule has 0 saturated heterocycles. The first-order valence-corrected chi connectivity index (χ1v) is 10.6. The molecule has 1 heterocycles. The zero-order valence-corrected chi connectivity index (χ0v) is 18.4. The standard InChI is InChI=1S/C11H6BrI3N2O2S/c12-6-1-8(5-16-4-6)20(18,19)17-11-9(14)2-7(13)3-10(11)15/h1-5,17H. The van der Waals surface area contributed by atoms with E-state index in [9.17, 15) is 8.42 Å². The number of rotatable bonds is 3. The fraction of sp³-hybridized carbons (Fsp3) is 0. The summed E-state index contributed by atoms with van der Waals surface area (Å²) in [7, 11) is -3.65. The first-order chi connectivity index (χ1) is 9.29. The molecule has 0 atom stereocenters. The molecule has 106 valence electrons. The van der Waals surface area contributed by atoms with E-state index < -0.39 is 10.0 Å². The summed E-state index contributed by atoms with van der Waals surface area (Å²) in [5, 5.41) is 0. The Hall–Kier alpha value is 0.790. The van der Waals surface area contributed by atoms with Crippen molar-refractivity contribution in [3.05, 3.63) is 45.8 Å². The highest BCUT2D eigenvalue weighted by atomic mass is 127. The number of nitrogens with zero attached hydrogens (tertiary/aromatic N) is 1. The molecule has 20 heavy (non-hydrogen) atoms. The van der Waals surface area contributed by atoms with Crippen LogP contribution in [0.2, 0.25) is 0 Å². The molecule has 0 amide bonds. The van der Waals surface area contributed by atoms with Crippen LogP contribution in [0.25, 0.3) is 0 Å². The second-order valence-corrected chi connectivity index (χ2v) is 9.86. The summed E-state index contributed by atoms with van der Waals surface area (Å²) in [6.07, 6.45) is 2.86. The van der Waals surface area contributed by atoms with E-state index in [0.717, 1.165) is 10.7 Å². The Morgan fingerprint density at radius 1 is 1.05 bits per heavy atom. The molecule has 0 aliphatic heterocycles. The van der Waals surface area contributed by atoms with Crippen LogP contribution < -0.4 is 4.72 Å². The minimum absolute atomic E-state index is 0.122. The molecular weight excluding hydrogens is 685 g/mol. The predicted octanol–water partition coefficient (Wildman–Crippen LogP) is 4.46. The van der Waals surface area contributed by atoms with Gasteiger partial charge in [-0.1, -0.05) is 0 Å². The molecule has 0 spiro atoms. The van der Waals surface area contributed by atoms with Gasteiger partial charge >= 0.3 is 0 Å². The maximum Gasteiger partial charge on any atom is 0.263 e. The van der Waals surface area contributed by atoms with Crippen LogP contribution in [-0.2, 0) is 10.0 Å². The summed E-state index contributed by atoms with van der Waals surface area (Å²) in [6, 6.07) is 5.35. The van der Waals surface area contributed by atoms with Crippen molar-refractivity contribution in [2.24, 2.45) is 0 Å². The van der Waals surface area contributed by atoms with E-state index in [2.05, 4.69) is 93.4 Å². The molecule has 0 aliphatic rings. The number of hydrogen-bond donors (Lipinski definition) is 1. The Morgan fingerprint density at radius 3 is 2.20 bits per heavy atom.